The summed E-state index contributed by atoms with van der Waals surface area (Å²) in [4.78, 5) is 15.5. The number of pyridine rings is 1. The van der Waals surface area contributed by atoms with Crippen LogP contribution in [0.25, 0.3) is 6.08 Å². The third-order valence-electron chi connectivity index (χ3n) is 5.16. The highest BCUT2D eigenvalue weighted by molar-refractivity contribution is 7.97. The van der Waals surface area contributed by atoms with Crippen molar-refractivity contribution >= 4 is 47.0 Å². The Balaban J connectivity index is 1.54. The third-order valence-corrected chi connectivity index (χ3v) is 6.86. The maximum Gasteiger partial charge on any atom is 0.144 e. The molecule has 2 aromatic carbocycles. The number of carbonyl (C=O) groups is 1. The summed E-state index contributed by atoms with van der Waals surface area (Å²) >= 11 is 14.1. The fourth-order valence-corrected chi connectivity index (χ4v) is 4.98. The molecule has 1 heterocycles. The molecule has 8 heteroatoms. The van der Waals surface area contributed by atoms with Crippen molar-refractivity contribution < 1.29 is 19.4 Å². The molecule has 1 aromatic heterocycles. The Hall–Kier alpha value is -2.67. The number of carboxylic acids is 1. The molecule has 0 unspecified atom stereocenters. The lowest BCUT2D eigenvalue weighted by Crippen LogP contribution is -2.18. The number of benzene rings is 2. The Bertz CT molecular complexity index is 1130. The van der Waals surface area contributed by atoms with E-state index >= 15 is 0 Å². The van der Waals surface area contributed by atoms with Gasteiger partial charge in [0.1, 0.15) is 17.2 Å². The number of hydrogen-bond donors (Lipinski definition) is 0. The number of methoxy groups -OCH3 is 1. The van der Waals surface area contributed by atoms with E-state index in [9.17, 15) is 9.90 Å². The number of unbranched alkanes of at least 4 members (excludes halogenated alkanes) is 1. The van der Waals surface area contributed by atoms with Gasteiger partial charge < -0.3 is 19.4 Å². The van der Waals surface area contributed by atoms with Crippen LogP contribution in [0.3, 0.4) is 0 Å². The quantitative estimate of drug-likeness (QED) is 0.199. The van der Waals surface area contributed by atoms with Gasteiger partial charge in [-0.1, -0.05) is 41.4 Å². The summed E-state index contributed by atoms with van der Waals surface area (Å²) in [5.74, 6) is 1.34. The fourth-order valence-electron chi connectivity index (χ4n) is 3.31. The van der Waals surface area contributed by atoms with E-state index in [0.29, 0.717) is 39.6 Å². The first-order valence-electron chi connectivity index (χ1n) is 11.1. The van der Waals surface area contributed by atoms with Gasteiger partial charge in [0.15, 0.2) is 0 Å². The molecule has 0 saturated heterocycles. The minimum Gasteiger partial charge on any atom is -0.545 e. The fraction of sp³-hybridized carbons (Fsp3) is 0.259. The first-order chi connectivity index (χ1) is 17.0. The molecule has 35 heavy (non-hydrogen) atoms. The van der Waals surface area contributed by atoms with Crippen molar-refractivity contribution in [2.75, 3.05) is 13.7 Å². The molecule has 0 aliphatic heterocycles. The van der Waals surface area contributed by atoms with Crippen molar-refractivity contribution in [3.05, 3.63) is 93.2 Å². The normalized spacial score (nSPS) is 11.1. The zero-order valence-electron chi connectivity index (χ0n) is 19.3. The molecule has 0 N–H and O–H groups in total. The van der Waals surface area contributed by atoms with Crippen LogP contribution in [-0.4, -0.2) is 24.7 Å². The predicted octanol–water partition coefficient (Wildman–Crippen LogP) is 6.00. The summed E-state index contributed by atoms with van der Waals surface area (Å²) in [5, 5.41) is 12.2. The lowest BCUT2D eigenvalue weighted by molar-refractivity contribution is -0.297. The number of carbonyl (C=O) groups excluding carboxylic acids is 1. The van der Waals surface area contributed by atoms with Gasteiger partial charge in [-0.05, 0) is 78.9 Å². The second-order valence-corrected chi connectivity index (χ2v) is 9.48. The summed E-state index contributed by atoms with van der Waals surface area (Å²) in [6.45, 7) is 0.503. The zero-order valence-corrected chi connectivity index (χ0v) is 21.7. The van der Waals surface area contributed by atoms with E-state index < -0.39 is 5.97 Å². The smallest absolute Gasteiger partial charge is 0.144 e. The molecule has 0 atom stereocenters. The van der Waals surface area contributed by atoms with E-state index in [1.54, 1.807) is 18.9 Å². The number of rotatable bonds is 13. The Morgan fingerprint density at radius 2 is 1.77 bits per heavy atom. The van der Waals surface area contributed by atoms with Crippen molar-refractivity contribution in [1.82, 2.24) is 4.98 Å². The van der Waals surface area contributed by atoms with Crippen LogP contribution in [-0.2, 0) is 22.7 Å². The molecule has 0 bridgehead atoms. The number of halogens is 2. The van der Waals surface area contributed by atoms with Crippen molar-refractivity contribution in [2.24, 2.45) is 0 Å². The second kappa shape index (κ2) is 14.0. The van der Waals surface area contributed by atoms with Crippen molar-refractivity contribution in [2.45, 2.75) is 30.8 Å². The molecule has 0 radical (unpaired) electrons. The van der Waals surface area contributed by atoms with Crippen molar-refractivity contribution in [3.8, 4) is 11.5 Å². The van der Waals surface area contributed by atoms with E-state index in [1.807, 2.05) is 42.5 Å². The average molecular weight is 531 g/mol. The Morgan fingerprint density at radius 1 is 1.03 bits per heavy atom. The lowest BCUT2D eigenvalue weighted by Gasteiger charge is -2.11. The summed E-state index contributed by atoms with van der Waals surface area (Å²) in [6, 6.07) is 17.2. The standard InChI is InChI=1S/C27H27Cl2NO4S/c1-33-21-11-8-19(9-12-21)5-2-3-16-34-26-14-10-20(30-25(26)13-15-27(31)32)17-35-18-22-23(28)6-4-7-24(22)29/h4,6-15H,2-3,5,16-18H2,1H3,(H,31,32)/p-1/b15-13+. The van der Waals surface area contributed by atoms with Crippen LogP contribution in [0.15, 0.2) is 60.7 Å². The molecule has 0 aliphatic rings. The molecule has 0 fully saturated rings. The van der Waals surface area contributed by atoms with Crippen LogP contribution in [0.1, 0.15) is 35.4 Å². The monoisotopic (exact) mass is 530 g/mol. The highest BCUT2D eigenvalue weighted by Gasteiger charge is 2.09. The SMILES string of the molecule is COc1ccc(CCCCOc2ccc(CSCc3c(Cl)cccc3Cl)nc2/C=C/C(=O)[O-])cc1. The van der Waals surface area contributed by atoms with Gasteiger partial charge in [0.2, 0.25) is 0 Å². The van der Waals surface area contributed by atoms with Crippen molar-refractivity contribution in [1.29, 1.82) is 0 Å². The molecule has 184 valence electrons. The molecule has 0 spiro atoms. The van der Waals surface area contributed by atoms with Crippen LogP contribution < -0.4 is 14.6 Å². The summed E-state index contributed by atoms with van der Waals surface area (Å²) in [6.07, 6.45) is 5.12. The molecule has 3 aromatic rings. The van der Waals surface area contributed by atoms with E-state index in [-0.39, 0.29) is 0 Å². The molecule has 0 amide bonds. The second-order valence-electron chi connectivity index (χ2n) is 7.68. The molecular weight excluding hydrogens is 505 g/mol. The number of aromatic nitrogens is 1. The van der Waals surface area contributed by atoms with Crippen LogP contribution in [0.2, 0.25) is 10.0 Å². The predicted molar refractivity (Wildman–Crippen MR) is 141 cm³/mol. The van der Waals surface area contributed by atoms with Gasteiger partial charge in [-0.15, -0.1) is 0 Å². The minimum atomic E-state index is -1.29. The van der Waals surface area contributed by atoms with Gasteiger partial charge in [-0.2, -0.15) is 11.8 Å². The average Bonchev–Trinajstić information content (AvgIpc) is 2.85. The first-order valence-corrected chi connectivity index (χ1v) is 13.0. The van der Waals surface area contributed by atoms with Gasteiger partial charge in [-0.3, -0.25) is 0 Å². The number of carboxylic acid groups (broad SMARTS) is 1. The highest BCUT2D eigenvalue weighted by Crippen LogP contribution is 2.30. The Labute approximate surface area is 220 Å². The minimum absolute atomic E-state index is 0.457. The largest absolute Gasteiger partial charge is 0.545 e. The van der Waals surface area contributed by atoms with Gasteiger partial charge in [0.25, 0.3) is 0 Å². The third kappa shape index (κ3) is 8.80. The lowest BCUT2D eigenvalue weighted by atomic mass is 10.1. The van der Waals surface area contributed by atoms with Gasteiger partial charge in [0.05, 0.1) is 25.4 Å². The first kappa shape index (κ1) is 26.9. The van der Waals surface area contributed by atoms with E-state index in [0.717, 1.165) is 42.3 Å². The topological polar surface area (TPSA) is 71.5 Å². The number of nitrogens with zero attached hydrogens (tertiary/aromatic N) is 1. The van der Waals surface area contributed by atoms with E-state index in [1.165, 1.54) is 11.6 Å². The van der Waals surface area contributed by atoms with Crippen LogP contribution in [0, 0.1) is 0 Å². The summed E-state index contributed by atoms with van der Waals surface area (Å²) in [5.41, 5.74) is 3.37. The Kier molecular flexibility index (Phi) is 10.8. The van der Waals surface area contributed by atoms with Gasteiger partial charge in [-0.25, -0.2) is 4.98 Å². The molecule has 0 aliphatic carbocycles. The van der Waals surface area contributed by atoms with Gasteiger partial charge >= 0.3 is 0 Å². The zero-order chi connectivity index (χ0) is 25.0. The number of thioether (sulfide) groups is 1. The van der Waals surface area contributed by atoms with E-state index in [2.05, 4.69) is 17.1 Å². The van der Waals surface area contributed by atoms with Crippen LogP contribution in [0.5, 0.6) is 11.5 Å². The number of aliphatic carboxylic acids is 1. The summed E-state index contributed by atoms with van der Waals surface area (Å²) < 4.78 is 11.1. The van der Waals surface area contributed by atoms with Crippen molar-refractivity contribution in [3.63, 3.8) is 0 Å². The number of ether oxygens (including phenoxy) is 2. The molecule has 5 nitrogen and oxygen atoms in total. The van der Waals surface area contributed by atoms with Crippen LogP contribution in [0.4, 0.5) is 0 Å². The molecular formula is C27H26Cl2NO4S-. The number of aryl methyl sites for hydroxylation is 1. The maximum absolute atomic E-state index is 10.9. The van der Waals surface area contributed by atoms with E-state index in [4.69, 9.17) is 32.7 Å². The molecule has 3 rings (SSSR count). The highest BCUT2D eigenvalue weighted by atomic mass is 35.5. The number of hydrogen-bond acceptors (Lipinski definition) is 6. The molecule has 0 saturated carbocycles. The van der Waals surface area contributed by atoms with Crippen LogP contribution >= 0.6 is 35.0 Å². The Morgan fingerprint density at radius 3 is 2.46 bits per heavy atom. The van der Waals surface area contributed by atoms with Gasteiger partial charge in [0, 0.05) is 21.6 Å². The maximum atomic E-state index is 10.9. The summed E-state index contributed by atoms with van der Waals surface area (Å²) in [7, 11) is 1.65.